The lowest BCUT2D eigenvalue weighted by molar-refractivity contribution is -0.145. The number of benzene rings is 1. The molecule has 0 aliphatic rings. The van der Waals surface area contributed by atoms with Gasteiger partial charge in [-0.1, -0.05) is 26.8 Å². The SMILES string of the molecule is COC(=O)C[C@](C)(O[Si](C)(C)C(C)(C)C)c1ccc(OC)c(OC)c1. The molecule has 0 bridgehead atoms. The highest BCUT2D eigenvalue weighted by atomic mass is 28.4. The summed E-state index contributed by atoms with van der Waals surface area (Å²) in [5, 5.41) is 0.0148. The largest absolute Gasteiger partial charge is 0.493 e. The minimum Gasteiger partial charge on any atom is -0.493 e. The molecule has 0 radical (unpaired) electrons. The summed E-state index contributed by atoms with van der Waals surface area (Å²) in [5.41, 5.74) is 0.0516. The monoisotopic (exact) mass is 368 g/mol. The van der Waals surface area contributed by atoms with Crippen LogP contribution in [0.1, 0.15) is 39.7 Å². The van der Waals surface area contributed by atoms with Crippen molar-refractivity contribution in [2.45, 2.75) is 57.8 Å². The zero-order valence-electron chi connectivity index (χ0n) is 17.0. The zero-order chi connectivity index (χ0) is 19.5. The van der Waals surface area contributed by atoms with Crippen LogP contribution in [0.25, 0.3) is 0 Å². The van der Waals surface area contributed by atoms with Crippen LogP contribution in [0.3, 0.4) is 0 Å². The smallest absolute Gasteiger partial charge is 0.308 e. The molecule has 25 heavy (non-hydrogen) atoms. The van der Waals surface area contributed by atoms with E-state index in [0.717, 1.165) is 5.56 Å². The first-order chi connectivity index (χ1) is 11.4. The molecule has 0 aliphatic heterocycles. The highest BCUT2D eigenvalue weighted by Gasteiger charge is 2.44. The number of hydrogen-bond acceptors (Lipinski definition) is 5. The molecule has 0 saturated heterocycles. The first-order valence-electron chi connectivity index (χ1n) is 8.39. The molecule has 1 aromatic carbocycles. The number of carbonyl (C=O) groups is 1. The van der Waals surface area contributed by atoms with Gasteiger partial charge < -0.3 is 18.6 Å². The summed E-state index contributed by atoms with van der Waals surface area (Å²) in [6.07, 6.45) is 0.130. The Morgan fingerprint density at radius 3 is 2.00 bits per heavy atom. The summed E-state index contributed by atoms with van der Waals surface area (Å²) in [7, 11) is 2.45. The number of hydrogen-bond donors (Lipinski definition) is 0. The summed E-state index contributed by atoms with van der Waals surface area (Å²) in [5.74, 6) is 0.935. The Morgan fingerprint density at radius 1 is 1.00 bits per heavy atom. The summed E-state index contributed by atoms with van der Waals surface area (Å²) in [6.45, 7) is 12.8. The third kappa shape index (κ3) is 4.98. The molecule has 0 amide bonds. The molecule has 0 heterocycles. The first-order valence-corrected chi connectivity index (χ1v) is 11.3. The molecule has 0 aliphatic carbocycles. The van der Waals surface area contributed by atoms with Gasteiger partial charge in [0.25, 0.3) is 0 Å². The molecule has 5 nitrogen and oxygen atoms in total. The number of esters is 1. The van der Waals surface area contributed by atoms with Crippen LogP contribution in [-0.2, 0) is 19.6 Å². The van der Waals surface area contributed by atoms with E-state index in [2.05, 4.69) is 33.9 Å². The van der Waals surface area contributed by atoms with E-state index in [9.17, 15) is 4.79 Å². The summed E-state index contributed by atoms with van der Waals surface area (Å²) >= 11 is 0. The molecule has 0 spiro atoms. The van der Waals surface area contributed by atoms with Crippen LogP contribution in [0, 0.1) is 0 Å². The minimum absolute atomic E-state index is 0.0148. The van der Waals surface area contributed by atoms with Crippen molar-refractivity contribution in [2.75, 3.05) is 21.3 Å². The van der Waals surface area contributed by atoms with Crippen molar-refractivity contribution >= 4 is 14.3 Å². The Hall–Kier alpha value is -1.53. The maximum atomic E-state index is 12.1. The molecular weight excluding hydrogens is 336 g/mol. The lowest BCUT2D eigenvalue weighted by atomic mass is 9.92. The van der Waals surface area contributed by atoms with Crippen LogP contribution >= 0.6 is 0 Å². The number of rotatable bonds is 7. The number of methoxy groups -OCH3 is 3. The lowest BCUT2D eigenvalue weighted by Crippen LogP contribution is -2.48. The minimum atomic E-state index is -2.13. The van der Waals surface area contributed by atoms with E-state index in [0.29, 0.717) is 11.5 Å². The highest BCUT2D eigenvalue weighted by molar-refractivity contribution is 6.74. The molecule has 1 atom stereocenters. The van der Waals surface area contributed by atoms with Gasteiger partial charge in [-0.15, -0.1) is 0 Å². The van der Waals surface area contributed by atoms with Crippen LogP contribution < -0.4 is 9.47 Å². The average molecular weight is 369 g/mol. The molecule has 1 rings (SSSR count). The van der Waals surface area contributed by atoms with Crippen molar-refractivity contribution in [1.82, 2.24) is 0 Å². The Balaban J connectivity index is 3.40. The van der Waals surface area contributed by atoms with Crippen molar-refractivity contribution in [3.05, 3.63) is 23.8 Å². The summed E-state index contributed by atoms with van der Waals surface area (Å²) in [6, 6.07) is 5.62. The van der Waals surface area contributed by atoms with Gasteiger partial charge in [0.1, 0.15) is 0 Å². The van der Waals surface area contributed by atoms with Gasteiger partial charge in [0.2, 0.25) is 0 Å². The van der Waals surface area contributed by atoms with E-state index in [1.54, 1.807) is 14.2 Å². The summed E-state index contributed by atoms with van der Waals surface area (Å²) in [4.78, 5) is 12.1. The molecule has 0 aromatic heterocycles. The van der Waals surface area contributed by atoms with Gasteiger partial charge in [-0.3, -0.25) is 4.79 Å². The van der Waals surface area contributed by atoms with E-state index in [-0.39, 0.29) is 17.4 Å². The fraction of sp³-hybridized carbons (Fsp3) is 0.632. The normalized spacial score (nSPS) is 14.6. The molecule has 6 heteroatoms. The second-order valence-corrected chi connectivity index (χ2v) is 12.6. The Kier molecular flexibility index (Phi) is 6.70. The van der Waals surface area contributed by atoms with Crippen LogP contribution in [0.5, 0.6) is 11.5 Å². The molecular formula is C19H32O5Si. The Morgan fingerprint density at radius 2 is 1.56 bits per heavy atom. The van der Waals surface area contributed by atoms with Crippen molar-refractivity contribution < 1.29 is 23.4 Å². The fourth-order valence-corrected chi connectivity index (χ4v) is 4.05. The highest BCUT2D eigenvalue weighted by Crippen LogP contribution is 2.44. The van der Waals surface area contributed by atoms with Gasteiger partial charge in [0.05, 0.1) is 33.4 Å². The van der Waals surface area contributed by atoms with Gasteiger partial charge in [-0.2, -0.15) is 0 Å². The topological polar surface area (TPSA) is 54.0 Å². The van der Waals surface area contributed by atoms with Gasteiger partial charge in [-0.25, -0.2) is 0 Å². The van der Waals surface area contributed by atoms with E-state index < -0.39 is 13.9 Å². The molecule has 0 unspecified atom stereocenters. The predicted molar refractivity (Wildman–Crippen MR) is 102 cm³/mol. The Labute approximate surface area is 152 Å². The standard InChI is InChI=1S/C19H32O5Si/c1-18(2,3)25(8,9)24-19(4,13-17(20)23-7)14-10-11-15(21-5)16(12-14)22-6/h10-12H,13H2,1-9H3/t19-/m0/s1. The third-order valence-electron chi connectivity index (χ3n) is 4.99. The van der Waals surface area contributed by atoms with Crippen molar-refractivity contribution in [3.8, 4) is 11.5 Å². The molecule has 0 N–H and O–H groups in total. The van der Waals surface area contributed by atoms with Crippen LogP contribution in [0.4, 0.5) is 0 Å². The number of ether oxygens (including phenoxy) is 3. The predicted octanol–water partition coefficient (Wildman–Crippen LogP) is 4.50. The van der Waals surface area contributed by atoms with Crippen molar-refractivity contribution in [1.29, 1.82) is 0 Å². The average Bonchev–Trinajstić information content (AvgIpc) is 2.52. The third-order valence-corrected chi connectivity index (χ3v) is 9.56. The van der Waals surface area contributed by atoms with Gasteiger partial charge in [-0.05, 0) is 42.8 Å². The molecule has 142 valence electrons. The van der Waals surface area contributed by atoms with Gasteiger partial charge >= 0.3 is 5.97 Å². The Bertz CT molecular complexity index is 606. The van der Waals surface area contributed by atoms with Crippen LogP contribution in [-0.4, -0.2) is 35.6 Å². The maximum Gasteiger partial charge on any atom is 0.308 e. The van der Waals surface area contributed by atoms with Crippen LogP contribution in [0.2, 0.25) is 18.1 Å². The molecule has 1 aromatic rings. The van der Waals surface area contributed by atoms with E-state index >= 15 is 0 Å². The molecule has 0 fully saturated rings. The molecule has 0 saturated carbocycles. The summed E-state index contributed by atoms with van der Waals surface area (Å²) < 4.78 is 22.3. The van der Waals surface area contributed by atoms with E-state index in [1.165, 1.54) is 7.11 Å². The first kappa shape index (κ1) is 21.5. The van der Waals surface area contributed by atoms with Crippen molar-refractivity contribution in [2.24, 2.45) is 0 Å². The van der Waals surface area contributed by atoms with E-state index in [4.69, 9.17) is 18.6 Å². The maximum absolute atomic E-state index is 12.1. The van der Waals surface area contributed by atoms with E-state index in [1.807, 2.05) is 25.1 Å². The number of carbonyl (C=O) groups excluding carboxylic acids is 1. The second-order valence-electron chi connectivity index (χ2n) is 7.92. The fourth-order valence-electron chi connectivity index (χ4n) is 2.43. The van der Waals surface area contributed by atoms with Crippen LogP contribution in [0.15, 0.2) is 18.2 Å². The second kappa shape index (κ2) is 7.79. The van der Waals surface area contributed by atoms with Crippen molar-refractivity contribution in [3.63, 3.8) is 0 Å². The zero-order valence-corrected chi connectivity index (χ0v) is 18.0. The lowest BCUT2D eigenvalue weighted by Gasteiger charge is -2.44. The van der Waals surface area contributed by atoms with Gasteiger partial charge in [0, 0.05) is 0 Å². The van der Waals surface area contributed by atoms with Gasteiger partial charge in [0.15, 0.2) is 19.8 Å². The quantitative estimate of drug-likeness (QED) is 0.524.